The van der Waals surface area contributed by atoms with Gasteiger partial charge in [-0.25, -0.2) is 0 Å². The molecule has 0 radical (unpaired) electrons. The molecule has 0 aromatic carbocycles. The molecule has 1 amide bonds. The van der Waals surface area contributed by atoms with Gasteiger partial charge in [0.25, 0.3) is 0 Å². The molecule has 7 atom stereocenters. The zero-order chi connectivity index (χ0) is 26.4. The first kappa shape index (κ1) is 25.1. The van der Waals surface area contributed by atoms with Crippen LogP contribution in [-0.2, 0) is 14.4 Å². The number of likely N-dealkylation sites (tertiary alicyclic amines) is 1. The Labute approximate surface area is 221 Å². The van der Waals surface area contributed by atoms with E-state index in [1.54, 1.807) is 0 Å². The minimum absolute atomic E-state index is 0.0542. The van der Waals surface area contributed by atoms with Crippen molar-refractivity contribution in [1.82, 2.24) is 4.90 Å². The number of allylic oxidation sites excluding steroid dienone is 4. The summed E-state index contributed by atoms with van der Waals surface area (Å²) in [5.41, 5.74) is 0.557. The maximum atomic E-state index is 14.3. The molecule has 0 aromatic heterocycles. The van der Waals surface area contributed by atoms with Crippen LogP contribution < -0.4 is 0 Å². The third-order valence-corrected chi connectivity index (χ3v) is 12.1. The molecule has 0 bridgehead atoms. The highest BCUT2D eigenvalue weighted by atomic mass is 16.2. The number of nitriles is 1. The van der Waals surface area contributed by atoms with Crippen molar-refractivity contribution in [2.75, 3.05) is 13.1 Å². The first-order valence-corrected chi connectivity index (χ1v) is 14.7. The number of Topliss-reactive ketones (excluding diaryl/α,β-unsaturated/α-hetero) is 1. The molecule has 5 aliphatic carbocycles. The van der Waals surface area contributed by atoms with Gasteiger partial charge in [-0.3, -0.25) is 14.4 Å². The van der Waals surface area contributed by atoms with Crippen LogP contribution in [0.25, 0.3) is 0 Å². The summed E-state index contributed by atoms with van der Waals surface area (Å²) >= 11 is 0. The van der Waals surface area contributed by atoms with Gasteiger partial charge in [-0.1, -0.05) is 39.3 Å². The molecule has 1 aliphatic heterocycles. The summed E-state index contributed by atoms with van der Waals surface area (Å²) in [6.45, 7) is 10.9. The Morgan fingerprint density at radius 1 is 1.00 bits per heavy atom. The first-order chi connectivity index (χ1) is 17.4. The van der Waals surface area contributed by atoms with Gasteiger partial charge >= 0.3 is 0 Å². The average Bonchev–Trinajstić information content (AvgIpc) is 3.39. The fourth-order valence-corrected chi connectivity index (χ4v) is 10.0. The van der Waals surface area contributed by atoms with E-state index in [1.807, 2.05) is 12.2 Å². The van der Waals surface area contributed by atoms with Crippen LogP contribution in [0.5, 0.6) is 0 Å². The van der Waals surface area contributed by atoms with Gasteiger partial charge in [0.05, 0.1) is 11.0 Å². The van der Waals surface area contributed by atoms with Crippen molar-refractivity contribution < 1.29 is 14.4 Å². The van der Waals surface area contributed by atoms with Crippen molar-refractivity contribution in [2.24, 2.45) is 45.3 Å². The number of fused-ring (bicyclic) bond motifs is 7. The van der Waals surface area contributed by atoms with Crippen molar-refractivity contribution >= 4 is 17.5 Å². The molecular formula is C32H42N2O3. The fraction of sp³-hybridized carbons (Fsp3) is 0.750. The van der Waals surface area contributed by atoms with Crippen LogP contribution in [0.1, 0.15) is 91.9 Å². The number of hydrogen-bond acceptors (Lipinski definition) is 4. The molecule has 198 valence electrons. The van der Waals surface area contributed by atoms with Crippen molar-refractivity contribution in [1.29, 1.82) is 5.26 Å². The van der Waals surface area contributed by atoms with E-state index in [2.05, 4.69) is 38.7 Å². The van der Waals surface area contributed by atoms with E-state index in [1.165, 1.54) is 0 Å². The Kier molecular flexibility index (Phi) is 5.52. The number of hydrogen-bond donors (Lipinski definition) is 0. The molecule has 6 rings (SSSR count). The highest BCUT2D eigenvalue weighted by Crippen LogP contribution is 2.69. The quantitative estimate of drug-likeness (QED) is 0.454. The molecule has 7 unspecified atom stereocenters. The number of carbonyl (C=O) groups is 3. The zero-order valence-electron chi connectivity index (χ0n) is 23.1. The summed E-state index contributed by atoms with van der Waals surface area (Å²) in [5.74, 6) is 0.819. The van der Waals surface area contributed by atoms with Gasteiger partial charge < -0.3 is 4.90 Å². The Balaban J connectivity index is 1.45. The zero-order valence-corrected chi connectivity index (χ0v) is 23.1. The predicted molar refractivity (Wildman–Crippen MR) is 141 cm³/mol. The Morgan fingerprint density at radius 2 is 1.73 bits per heavy atom. The molecule has 37 heavy (non-hydrogen) atoms. The van der Waals surface area contributed by atoms with Crippen LogP contribution in [0, 0.1) is 56.7 Å². The summed E-state index contributed by atoms with van der Waals surface area (Å²) in [5, 5.41) is 9.65. The molecule has 6 aliphatic rings. The first-order valence-electron chi connectivity index (χ1n) is 14.7. The van der Waals surface area contributed by atoms with Crippen molar-refractivity contribution in [3.8, 4) is 6.07 Å². The van der Waals surface area contributed by atoms with Gasteiger partial charge in [-0.15, -0.1) is 0 Å². The van der Waals surface area contributed by atoms with Gasteiger partial charge in [0.1, 0.15) is 6.07 Å². The van der Waals surface area contributed by atoms with E-state index in [9.17, 15) is 19.6 Å². The van der Waals surface area contributed by atoms with Crippen LogP contribution in [0.2, 0.25) is 0 Å². The highest BCUT2D eigenvalue weighted by molar-refractivity contribution is 6.01. The lowest BCUT2D eigenvalue weighted by Crippen LogP contribution is -2.62. The lowest BCUT2D eigenvalue weighted by molar-refractivity contribution is -0.168. The topological polar surface area (TPSA) is 78.2 Å². The van der Waals surface area contributed by atoms with E-state index in [-0.39, 0.29) is 51.6 Å². The number of rotatable bonds is 1. The van der Waals surface area contributed by atoms with E-state index < -0.39 is 10.8 Å². The average molecular weight is 503 g/mol. The summed E-state index contributed by atoms with van der Waals surface area (Å²) in [6.07, 6.45) is 13.0. The smallest absolute Gasteiger partial charge is 0.229 e. The summed E-state index contributed by atoms with van der Waals surface area (Å²) < 4.78 is 0. The van der Waals surface area contributed by atoms with Crippen LogP contribution in [0.3, 0.4) is 0 Å². The Hall–Kier alpha value is -2.22. The van der Waals surface area contributed by atoms with Crippen LogP contribution in [0.4, 0.5) is 0 Å². The Bertz CT molecular complexity index is 1170. The summed E-state index contributed by atoms with van der Waals surface area (Å²) in [4.78, 5) is 43.1. The van der Waals surface area contributed by atoms with Crippen LogP contribution >= 0.6 is 0 Å². The SMILES string of the molecule is CC1(C)CCC2(C(=O)N3CCCC3)CCC3C(C(=O)C=C4C5(C)C=C(C#N)C(=O)CC5CCC43C)C2C1. The van der Waals surface area contributed by atoms with E-state index in [0.29, 0.717) is 12.3 Å². The summed E-state index contributed by atoms with van der Waals surface area (Å²) in [7, 11) is 0. The van der Waals surface area contributed by atoms with Gasteiger partial charge in [0.15, 0.2) is 11.6 Å². The maximum Gasteiger partial charge on any atom is 0.229 e. The number of amides is 1. The van der Waals surface area contributed by atoms with Gasteiger partial charge in [0.2, 0.25) is 5.91 Å². The molecule has 4 fully saturated rings. The Morgan fingerprint density at radius 3 is 2.43 bits per heavy atom. The number of ketones is 2. The summed E-state index contributed by atoms with van der Waals surface area (Å²) in [6, 6.07) is 2.14. The molecule has 5 heteroatoms. The molecule has 1 saturated heterocycles. The second-order valence-corrected chi connectivity index (χ2v) is 14.5. The molecular weight excluding hydrogens is 460 g/mol. The predicted octanol–water partition coefficient (Wildman–Crippen LogP) is 5.80. The highest BCUT2D eigenvalue weighted by Gasteiger charge is 2.65. The number of nitrogens with zero attached hydrogens (tertiary/aromatic N) is 2. The molecule has 0 N–H and O–H groups in total. The van der Waals surface area contributed by atoms with Gasteiger partial charge in [-0.05, 0) is 92.4 Å². The van der Waals surface area contributed by atoms with Gasteiger partial charge in [0, 0.05) is 30.8 Å². The van der Waals surface area contributed by atoms with Crippen molar-refractivity contribution in [3.05, 3.63) is 23.3 Å². The van der Waals surface area contributed by atoms with Gasteiger partial charge in [-0.2, -0.15) is 5.26 Å². The van der Waals surface area contributed by atoms with E-state index >= 15 is 0 Å². The minimum Gasteiger partial charge on any atom is -0.342 e. The van der Waals surface area contributed by atoms with Crippen molar-refractivity contribution in [3.63, 3.8) is 0 Å². The third kappa shape index (κ3) is 3.43. The maximum absolute atomic E-state index is 14.3. The number of carbonyl (C=O) groups excluding carboxylic acids is 3. The lowest BCUT2D eigenvalue weighted by atomic mass is 9.40. The second kappa shape index (κ2) is 8.14. The van der Waals surface area contributed by atoms with Crippen LogP contribution in [0.15, 0.2) is 23.3 Å². The third-order valence-electron chi connectivity index (χ3n) is 12.1. The monoisotopic (exact) mass is 502 g/mol. The lowest BCUT2D eigenvalue weighted by Gasteiger charge is -2.63. The molecule has 5 nitrogen and oxygen atoms in total. The van der Waals surface area contributed by atoms with Crippen LogP contribution in [-0.4, -0.2) is 35.5 Å². The van der Waals surface area contributed by atoms with E-state index in [4.69, 9.17) is 0 Å². The van der Waals surface area contributed by atoms with Crippen molar-refractivity contribution in [2.45, 2.75) is 91.9 Å². The molecule has 3 saturated carbocycles. The second-order valence-electron chi connectivity index (χ2n) is 14.5. The normalized spacial score (nSPS) is 44.5. The van der Waals surface area contributed by atoms with E-state index in [0.717, 1.165) is 76.5 Å². The largest absolute Gasteiger partial charge is 0.342 e. The standard InChI is InChI=1S/C32H42N2O3/c1-29(2)11-12-32(28(37)34-13-5-6-14-34)10-8-22-27(23(32)18-29)25(36)16-26-30(22,3)9-7-21-15-24(35)20(19-33)17-31(21,26)4/h16-17,21-23,27H,5-15,18H2,1-4H3. The molecule has 1 heterocycles. The minimum atomic E-state index is -0.432. The fourth-order valence-electron chi connectivity index (χ4n) is 10.0. The molecule has 0 spiro atoms. The molecule has 0 aromatic rings.